The molecule has 0 radical (unpaired) electrons. The Morgan fingerprint density at radius 2 is 1.81 bits per heavy atom. The molecule has 6 rings (SSSR count). The van der Waals surface area contributed by atoms with E-state index in [0.717, 1.165) is 16.7 Å². The molecule has 0 atom stereocenters. The largest absolute Gasteiger partial charge is 0.481 e. The minimum Gasteiger partial charge on any atom is -0.481 e. The van der Waals surface area contributed by atoms with Gasteiger partial charge in [0.2, 0.25) is 0 Å². The molecule has 9 nitrogen and oxygen atoms in total. The van der Waals surface area contributed by atoms with Gasteiger partial charge in [-0.25, -0.2) is 24.3 Å². The van der Waals surface area contributed by atoms with Crippen molar-refractivity contribution in [1.82, 2.24) is 29.7 Å². The lowest BCUT2D eigenvalue weighted by Gasteiger charge is -2.20. The van der Waals surface area contributed by atoms with Gasteiger partial charge < -0.3 is 10.1 Å². The highest BCUT2D eigenvalue weighted by molar-refractivity contribution is 5.98. The Hall–Kier alpha value is -4.73. The van der Waals surface area contributed by atoms with Gasteiger partial charge in [0, 0.05) is 29.9 Å². The van der Waals surface area contributed by atoms with Crippen molar-refractivity contribution in [3.63, 3.8) is 0 Å². The third kappa shape index (κ3) is 3.63. The second kappa shape index (κ2) is 8.19. The zero-order valence-corrected chi connectivity index (χ0v) is 19.7. The molecule has 1 aliphatic rings. The number of aromatic nitrogens is 6. The van der Waals surface area contributed by atoms with Gasteiger partial charge in [-0.15, -0.1) is 0 Å². The first-order chi connectivity index (χ1) is 17.4. The Kier molecular flexibility index (Phi) is 4.96. The summed E-state index contributed by atoms with van der Waals surface area (Å²) in [5.41, 5.74) is 5.16. The summed E-state index contributed by atoms with van der Waals surface area (Å²) in [5, 5.41) is 6.80. The number of ether oxygens (including phenoxy) is 1. The molecule has 3 aromatic heterocycles. The van der Waals surface area contributed by atoms with Crippen LogP contribution >= 0.6 is 0 Å². The summed E-state index contributed by atoms with van der Waals surface area (Å²) in [7, 11) is 1.86. The lowest BCUT2D eigenvalue weighted by molar-refractivity contribution is -0.118. The number of aryl methyl sites for hydroxylation is 3. The summed E-state index contributed by atoms with van der Waals surface area (Å²) >= 11 is 0. The fourth-order valence-electron chi connectivity index (χ4n) is 4.13. The minimum absolute atomic E-state index is 0.0209. The summed E-state index contributed by atoms with van der Waals surface area (Å²) < 4.78 is 22.8. The van der Waals surface area contributed by atoms with Crippen LogP contribution in [-0.4, -0.2) is 42.2 Å². The van der Waals surface area contributed by atoms with Crippen molar-refractivity contribution >= 4 is 22.8 Å². The van der Waals surface area contributed by atoms with Gasteiger partial charge in [-0.3, -0.25) is 9.48 Å². The van der Waals surface area contributed by atoms with Crippen molar-refractivity contribution < 1.29 is 13.9 Å². The van der Waals surface area contributed by atoms with E-state index in [0.29, 0.717) is 28.4 Å². The van der Waals surface area contributed by atoms with E-state index in [2.05, 4.69) is 25.4 Å². The van der Waals surface area contributed by atoms with Gasteiger partial charge in [0.1, 0.15) is 22.6 Å². The van der Waals surface area contributed by atoms with Crippen molar-refractivity contribution in [2.75, 3.05) is 11.9 Å². The average molecular weight is 481 g/mol. The highest BCUT2D eigenvalue weighted by Gasteiger charge is 2.25. The molecule has 2 aromatic carbocycles. The second-order valence-electron chi connectivity index (χ2n) is 8.58. The number of anilines is 1. The van der Waals surface area contributed by atoms with Gasteiger partial charge in [0.25, 0.3) is 5.91 Å². The Morgan fingerprint density at radius 3 is 2.61 bits per heavy atom. The van der Waals surface area contributed by atoms with Crippen molar-refractivity contribution in [3.05, 3.63) is 66.0 Å². The van der Waals surface area contributed by atoms with Gasteiger partial charge in [0.15, 0.2) is 23.9 Å². The Balaban J connectivity index is 1.58. The van der Waals surface area contributed by atoms with Crippen LogP contribution in [0.2, 0.25) is 0 Å². The van der Waals surface area contributed by atoms with Gasteiger partial charge in [-0.2, -0.15) is 5.10 Å². The highest BCUT2D eigenvalue weighted by atomic mass is 19.1. The molecule has 1 aliphatic heterocycles. The zero-order valence-electron chi connectivity index (χ0n) is 19.7. The summed E-state index contributed by atoms with van der Waals surface area (Å²) in [6.07, 6.45) is 3.70. The Bertz CT molecular complexity index is 1700. The summed E-state index contributed by atoms with van der Waals surface area (Å²) in [4.78, 5) is 30.5. The molecule has 1 N–H and O–H groups in total. The topological polar surface area (TPSA) is 108 Å². The molecule has 36 heavy (non-hydrogen) atoms. The first kappa shape index (κ1) is 21.8. The maximum atomic E-state index is 15.7. The first-order valence-electron chi connectivity index (χ1n) is 11.3. The predicted molar refractivity (Wildman–Crippen MR) is 132 cm³/mol. The van der Waals surface area contributed by atoms with Gasteiger partial charge >= 0.3 is 0 Å². The van der Waals surface area contributed by atoms with Crippen LogP contribution in [0.5, 0.6) is 5.75 Å². The Labute approximate surface area is 205 Å². The number of hydrogen-bond acceptors (Lipinski definition) is 7. The highest BCUT2D eigenvalue weighted by Crippen LogP contribution is 2.38. The maximum Gasteiger partial charge on any atom is 0.262 e. The molecule has 0 spiro atoms. The van der Waals surface area contributed by atoms with Crippen LogP contribution in [0.1, 0.15) is 11.4 Å². The number of carbonyl (C=O) groups excluding carboxylic acids is 1. The molecular formula is C26H20FN7O2. The number of carbonyl (C=O) groups is 1. The number of amides is 1. The van der Waals surface area contributed by atoms with Crippen LogP contribution in [0.4, 0.5) is 10.1 Å². The summed E-state index contributed by atoms with van der Waals surface area (Å²) in [5.74, 6) is -0.448. The molecule has 0 aliphatic carbocycles. The van der Waals surface area contributed by atoms with Crippen molar-refractivity contribution in [2.45, 2.75) is 13.8 Å². The van der Waals surface area contributed by atoms with Crippen LogP contribution in [0.15, 0.2) is 48.8 Å². The minimum atomic E-state index is -0.657. The van der Waals surface area contributed by atoms with Gasteiger partial charge in [0.05, 0.1) is 17.6 Å². The number of hydrogen-bond donors (Lipinski definition) is 1. The van der Waals surface area contributed by atoms with Gasteiger partial charge in [-0.1, -0.05) is 18.2 Å². The molecule has 5 aromatic rings. The standard InChI is InChI=1S/C26H20FN7O2/c1-13-14(2)30-26-24(29-13)22(18-7-8-19-23(21(18)27)31-20(35)12-36-19)32-25(33-26)16-6-4-5-15(9-16)17-10-28-34(3)11-17/h4-11H,12H2,1-3H3,(H,31,35). The van der Waals surface area contributed by atoms with Crippen LogP contribution in [0.3, 0.4) is 0 Å². The van der Waals surface area contributed by atoms with Crippen LogP contribution < -0.4 is 10.1 Å². The molecule has 0 unspecified atom stereocenters. The number of fused-ring (bicyclic) bond motifs is 2. The normalized spacial score (nSPS) is 12.8. The molecule has 0 fully saturated rings. The van der Waals surface area contributed by atoms with Crippen LogP contribution in [0, 0.1) is 19.7 Å². The van der Waals surface area contributed by atoms with E-state index in [1.807, 2.05) is 51.4 Å². The van der Waals surface area contributed by atoms with Crippen molar-refractivity contribution in [2.24, 2.45) is 7.05 Å². The van der Waals surface area contributed by atoms with Crippen LogP contribution in [0.25, 0.3) is 44.9 Å². The maximum absolute atomic E-state index is 15.7. The monoisotopic (exact) mass is 481 g/mol. The number of nitrogens with zero attached hydrogens (tertiary/aromatic N) is 6. The molecule has 10 heteroatoms. The van der Waals surface area contributed by atoms with Crippen molar-refractivity contribution in [3.8, 4) is 39.5 Å². The van der Waals surface area contributed by atoms with Crippen LogP contribution in [-0.2, 0) is 11.8 Å². The summed E-state index contributed by atoms with van der Waals surface area (Å²) in [6, 6.07) is 10.9. The molecule has 0 saturated carbocycles. The number of benzene rings is 2. The van der Waals surface area contributed by atoms with E-state index in [9.17, 15) is 4.79 Å². The second-order valence-corrected chi connectivity index (χ2v) is 8.58. The van der Waals surface area contributed by atoms with Gasteiger partial charge in [-0.05, 0) is 37.6 Å². The van der Waals surface area contributed by atoms with Crippen molar-refractivity contribution in [1.29, 1.82) is 0 Å². The smallest absolute Gasteiger partial charge is 0.262 e. The quantitative estimate of drug-likeness (QED) is 0.411. The molecule has 178 valence electrons. The third-order valence-corrected chi connectivity index (χ3v) is 6.08. The molecule has 0 saturated heterocycles. The molecule has 0 bridgehead atoms. The molecule has 1 amide bonds. The lowest BCUT2D eigenvalue weighted by Crippen LogP contribution is -2.26. The molecule has 4 heterocycles. The van der Waals surface area contributed by atoms with E-state index in [1.165, 1.54) is 0 Å². The first-order valence-corrected chi connectivity index (χ1v) is 11.3. The van der Waals surface area contributed by atoms with E-state index in [4.69, 9.17) is 9.72 Å². The van der Waals surface area contributed by atoms with E-state index < -0.39 is 11.7 Å². The SMILES string of the molecule is Cc1nc2nc(-c3cccc(-c4cnn(C)c4)c3)nc(-c3ccc4c(c3F)NC(=O)CO4)c2nc1C. The van der Waals surface area contributed by atoms with E-state index in [1.54, 1.807) is 23.0 Å². The third-order valence-electron chi connectivity index (χ3n) is 6.08. The zero-order chi connectivity index (χ0) is 25.0. The Morgan fingerprint density at radius 1 is 1.00 bits per heavy atom. The fraction of sp³-hybridized carbons (Fsp3) is 0.154. The van der Waals surface area contributed by atoms with E-state index >= 15 is 4.39 Å². The lowest BCUT2D eigenvalue weighted by atomic mass is 10.0. The fourth-order valence-corrected chi connectivity index (χ4v) is 4.13. The van der Waals surface area contributed by atoms with E-state index in [-0.39, 0.29) is 29.3 Å². The average Bonchev–Trinajstić information content (AvgIpc) is 3.31. The number of nitrogens with one attached hydrogen (secondary N) is 1. The number of rotatable bonds is 3. The predicted octanol–water partition coefficient (Wildman–Crippen LogP) is 4.24. The number of halogens is 1. The summed E-state index contributed by atoms with van der Waals surface area (Å²) in [6.45, 7) is 3.51. The molecular weight excluding hydrogens is 461 g/mol.